The molecule has 1 saturated carbocycles. The van der Waals surface area contributed by atoms with Crippen molar-refractivity contribution < 1.29 is 13.9 Å². The molecule has 0 atom stereocenters. The third kappa shape index (κ3) is 3.14. The van der Waals surface area contributed by atoms with E-state index in [2.05, 4.69) is 10.1 Å². The van der Waals surface area contributed by atoms with E-state index in [-0.39, 0.29) is 17.2 Å². The molecule has 0 aromatic carbocycles. The number of halogens is 1. The largest absolute Gasteiger partial charge is 0.493 e. The van der Waals surface area contributed by atoms with Crippen molar-refractivity contribution in [1.29, 1.82) is 0 Å². The normalized spacial score (nSPS) is 16.1. The number of rotatable bonds is 5. The Hall–Kier alpha value is -2.70. The molecule has 0 amide bonds. The van der Waals surface area contributed by atoms with Gasteiger partial charge >= 0.3 is 0 Å². The molecule has 2 aromatic rings. The van der Waals surface area contributed by atoms with E-state index in [1.165, 1.54) is 14.0 Å². The lowest BCUT2D eigenvalue weighted by Crippen LogP contribution is -2.18. The summed E-state index contributed by atoms with van der Waals surface area (Å²) in [7, 11) is 1.33. The Bertz CT molecular complexity index is 890. The number of nitrogen functional groups attached to an aromatic ring is 1. The summed E-state index contributed by atoms with van der Waals surface area (Å²) in [5.74, 6) is -0.553. The Morgan fingerprint density at radius 1 is 1.48 bits per heavy atom. The molecule has 2 aromatic heterocycles. The van der Waals surface area contributed by atoms with Gasteiger partial charge in [0.05, 0.1) is 18.1 Å². The van der Waals surface area contributed by atoms with Gasteiger partial charge in [0.25, 0.3) is 5.91 Å². The minimum absolute atomic E-state index is 0.104. The summed E-state index contributed by atoms with van der Waals surface area (Å²) < 4.78 is 20.0. The molecular formula is C18H21FN4O2. The van der Waals surface area contributed by atoms with Crippen LogP contribution in [-0.2, 0) is 4.74 Å². The highest BCUT2D eigenvalue weighted by Crippen LogP contribution is 2.39. The van der Waals surface area contributed by atoms with Crippen LogP contribution in [0.15, 0.2) is 35.4 Å². The summed E-state index contributed by atoms with van der Waals surface area (Å²) in [5, 5.41) is 4.74. The third-order valence-corrected chi connectivity index (χ3v) is 4.17. The number of carbonyl (C=O) groups excluding carboxylic acids is 1. The fraction of sp³-hybridized carbons (Fsp3) is 0.389. The Morgan fingerprint density at radius 3 is 2.76 bits per heavy atom. The van der Waals surface area contributed by atoms with Crippen molar-refractivity contribution in [1.82, 2.24) is 14.8 Å². The Kier molecular flexibility index (Phi) is 4.57. The molecular weight excluding hydrogens is 323 g/mol. The first-order chi connectivity index (χ1) is 12.0. The van der Waals surface area contributed by atoms with E-state index in [1.54, 1.807) is 6.08 Å². The van der Waals surface area contributed by atoms with Crippen molar-refractivity contribution in [3.63, 3.8) is 0 Å². The maximum atomic E-state index is 13.8. The number of fused-ring (bicyclic) bond motifs is 1. The van der Waals surface area contributed by atoms with Gasteiger partial charge in [-0.15, -0.1) is 5.10 Å². The lowest BCUT2D eigenvalue weighted by Gasteiger charge is -2.11. The molecule has 1 fully saturated rings. The van der Waals surface area contributed by atoms with Crippen molar-refractivity contribution in [2.45, 2.75) is 39.0 Å². The third-order valence-electron chi connectivity index (χ3n) is 4.17. The monoisotopic (exact) mass is 344 g/mol. The van der Waals surface area contributed by atoms with Crippen LogP contribution < -0.4 is 5.73 Å². The fourth-order valence-corrected chi connectivity index (χ4v) is 2.81. The van der Waals surface area contributed by atoms with Crippen LogP contribution in [0.25, 0.3) is 11.0 Å². The molecule has 0 saturated heterocycles. The molecule has 1 aliphatic carbocycles. The molecule has 0 spiro atoms. The van der Waals surface area contributed by atoms with Crippen LogP contribution in [-0.4, -0.2) is 27.8 Å². The van der Waals surface area contributed by atoms with E-state index in [0.29, 0.717) is 23.4 Å². The van der Waals surface area contributed by atoms with Gasteiger partial charge in [0.1, 0.15) is 5.83 Å². The quantitative estimate of drug-likeness (QED) is 0.508. The number of hydrogen-bond donors (Lipinski definition) is 1. The van der Waals surface area contributed by atoms with Crippen molar-refractivity contribution >= 4 is 22.8 Å². The Labute approximate surface area is 145 Å². The predicted octanol–water partition coefficient (Wildman–Crippen LogP) is 3.71. The van der Waals surface area contributed by atoms with Gasteiger partial charge in [-0.1, -0.05) is 13.0 Å². The van der Waals surface area contributed by atoms with Crippen LogP contribution in [0.1, 0.15) is 49.5 Å². The summed E-state index contributed by atoms with van der Waals surface area (Å²) in [6.07, 6.45) is 4.33. The molecule has 3 rings (SSSR count). The average molecular weight is 344 g/mol. The molecule has 0 bridgehead atoms. The molecule has 2 heterocycles. The maximum absolute atomic E-state index is 13.8. The number of allylic oxidation sites excluding steroid dienone is 3. The van der Waals surface area contributed by atoms with Gasteiger partial charge in [-0.3, -0.25) is 4.79 Å². The zero-order chi connectivity index (χ0) is 18.1. The standard InChI is InChI=1S/C18H21FN4O2/c1-4-5-12(15(25-3)10(2)19)18(24)23-17-13(16(20)22-23)8-9-14(21-17)11-6-7-11/h5,8-9,11H,4,6-7H2,1-3H3,(H2,20,22)/b12-5+,15-10-. The van der Waals surface area contributed by atoms with Gasteiger partial charge in [0.2, 0.25) is 0 Å². The minimum atomic E-state index is -0.577. The van der Waals surface area contributed by atoms with E-state index < -0.39 is 11.7 Å². The van der Waals surface area contributed by atoms with Crippen molar-refractivity contribution in [2.75, 3.05) is 12.8 Å². The van der Waals surface area contributed by atoms with Gasteiger partial charge in [-0.2, -0.15) is 4.68 Å². The molecule has 0 unspecified atom stereocenters. The van der Waals surface area contributed by atoms with E-state index in [4.69, 9.17) is 10.5 Å². The highest BCUT2D eigenvalue weighted by Gasteiger charge is 2.28. The Morgan fingerprint density at radius 2 is 2.20 bits per heavy atom. The zero-order valence-electron chi connectivity index (χ0n) is 14.5. The smallest absolute Gasteiger partial charge is 0.283 e. The van der Waals surface area contributed by atoms with Gasteiger partial charge in [-0.05, 0) is 38.3 Å². The summed E-state index contributed by atoms with van der Waals surface area (Å²) in [4.78, 5) is 17.6. The molecule has 0 aliphatic heterocycles. The lowest BCUT2D eigenvalue weighted by molar-refractivity contribution is 0.0935. The highest BCUT2D eigenvalue weighted by atomic mass is 19.1. The number of aromatic nitrogens is 3. The number of anilines is 1. The molecule has 7 heteroatoms. The lowest BCUT2D eigenvalue weighted by atomic mass is 10.1. The highest BCUT2D eigenvalue weighted by molar-refractivity contribution is 6.04. The number of hydrogen-bond acceptors (Lipinski definition) is 5. The number of ether oxygens (including phenoxy) is 1. The van der Waals surface area contributed by atoms with Gasteiger partial charge < -0.3 is 10.5 Å². The van der Waals surface area contributed by atoms with Crippen LogP contribution in [0, 0.1) is 0 Å². The molecule has 0 radical (unpaired) electrons. The first-order valence-electron chi connectivity index (χ1n) is 8.28. The van der Waals surface area contributed by atoms with E-state index in [1.807, 2.05) is 19.1 Å². The maximum Gasteiger partial charge on any atom is 0.283 e. The van der Waals surface area contributed by atoms with Crippen molar-refractivity contribution in [3.8, 4) is 0 Å². The first kappa shape index (κ1) is 17.1. The second-order valence-corrected chi connectivity index (χ2v) is 6.08. The topological polar surface area (TPSA) is 83.0 Å². The first-order valence-corrected chi connectivity index (χ1v) is 8.28. The number of nitrogens with two attached hydrogens (primary N) is 1. The van der Waals surface area contributed by atoms with Crippen molar-refractivity contribution in [2.24, 2.45) is 0 Å². The van der Waals surface area contributed by atoms with E-state index in [9.17, 15) is 9.18 Å². The molecule has 25 heavy (non-hydrogen) atoms. The second-order valence-electron chi connectivity index (χ2n) is 6.08. The number of nitrogens with zero attached hydrogens (tertiary/aromatic N) is 3. The van der Waals surface area contributed by atoms with Crippen molar-refractivity contribution in [3.05, 3.63) is 41.1 Å². The van der Waals surface area contributed by atoms with Crippen LogP contribution in [0.5, 0.6) is 0 Å². The number of carbonyl (C=O) groups is 1. The predicted molar refractivity (Wildman–Crippen MR) is 93.7 cm³/mol. The van der Waals surface area contributed by atoms with Gasteiger partial charge in [-0.25, -0.2) is 9.37 Å². The summed E-state index contributed by atoms with van der Waals surface area (Å²) in [5.41, 5.74) is 7.36. The van der Waals surface area contributed by atoms with Crippen LogP contribution in [0.3, 0.4) is 0 Å². The molecule has 2 N–H and O–H groups in total. The molecule has 6 nitrogen and oxygen atoms in total. The van der Waals surface area contributed by atoms with Crippen LogP contribution >= 0.6 is 0 Å². The number of pyridine rings is 1. The van der Waals surface area contributed by atoms with Crippen LogP contribution in [0.2, 0.25) is 0 Å². The van der Waals surface area contributed by atoms with E-state index in [0.717, 1.165) is 23.2 Å². The average Bonchev–Trinajstić information content (AvgIpc) is 3.38. The fourth-order valence-electron chi connectivity index (χ4n) is 2.81. The van der Waals surface area contributed by atoms with E-state index >= 15 is 0 Å². The summed E-state index contributed by atoms with van der Waals surface area (Å²) >= 11 is 0. The van der Waals surface area contributed by atoms with Crippen LogP contribution in [0.4, 0.5) is 10.2 Å². The molecule has 1 aliphatic rings. The second kappa shape index (κ2) is 6.66. The molecule has 132 valence electrons. The SMILES string of the molecule is CC/C=C(C(=O)n1nc(N)c2ccc(C3CC3)nc21)\C(OC)=C(/C)F. The zero-order valence-corrected chi connectivity index (χ0v) is 14.5. The summed E-state index contributed by atoms with van der Waals surface area (Å²) in [6, 6.07) is 3.75. The van der Waals surface area contributed by atoms with Gasteiger partial charge in [0.15, 0.2) is 17.2 Å². The minimum Gasteiger partial charge on any atom is -0.493 e. The summed E-state index contributed by atoms with van der Waals surface area (Å²) in [6.45, 7) is 3.10. The van der Waals surface area contributed by atoms with Gasteiger partial charge in [0, 0.05) is 11.6 Å². The number of methoxy groups -OCH3 is 1. The Balaban J connectivity index is 2.13.